The van der Waals surface area contributed by atoms with E-state index in [-0.39, 0.29) is 5.97 Å². The molecule has 0 fully saturated rings. The van der Waals surface area contributed by atoms with Gasteiger partial charge in [0.2, 0.25) is 0 Å². The molecule has 0 atom stereocenters. The Morgan fingerprint density at radius 3 is 3.00 bits per heavy atom. The first-order valence-corrected chi connectivity index (χ1v) is 7.42. The molecule has 0 amide bonds. The number of halogens is 1. The van der Waals surface area contributed by atoms with E-state index in [1.165, 1.54) is 0 Å². The molecule has 0 aliphatic heterocycles. The number of imidazole rings is 1. The maximum Gasteiger partial charge on any atom is 0.359 e. The molecule has 0 unspecified atom stereocenters. The van der Waals surface area contributed by atoms with Gasteiger partial charge in [-0.15, -0.1) is 11.8 Å². The van der Waals surface area contributed by atoms with Crippen LogP contribution < -0.4 is 0 Å². The molecule has 0 bridgehead atoms. The van der Waals surface area contributed by atoms with Gasteiger partial charge < -0.3 is 4.74 Å². The quantitative estimate of drug-likeness (QED) is 0.637. The van der Waals surface area contributed by atoms with E-state index in [9.17, 15) is 4.79 Å². The molecule has 0 aliphatic rings. The highest BCUT2D eigenvalue weighted by atomic mass is 79.9. The van der Waals surface area contributed by atoms with Gasteiger partial charge in [0.15, 0.2) is 5.69 Å². The molecule has 0 radical (unpaired) electrons. The maximum atomic E-state index is 11.9. The molecule has 2 aromatic heterocycles. The van der Waals surface area contributed by atoms with Crippen LogP contribution in [0.4, 0.5) is 0 Å². The van der Waals surface area contributed by atoms with Crippen molar-refractivity contribution in [3.8, 4) is 0 Å². The molecule has 2 rings (SSSR count). The van der Waals surface area contributed by atoms with Crippen LogP contribution in [0.25, 0.3) is 5.65 Å². The number of hydrogen-bond donors (Lipinski definition) is 0. The predicted molar refractivity (Wildman–Crippen MR) is 75.2 cm³/mol. The smallest absolute Gasteiger partial charge is 0.359 e. The van der Waals surface area contributed by atoms with Crippen molar-refractivity contribution in [2.45, 2.75) is 18.9 Å². The largest absolute Gasteiger partial charge is 0.461 e. The number of fused-ring (bicyclic) bond motifs is 1. The first-order chi connectivity index (χ1) is 8.67. The monoisotopic (exact) mass is 328 g/mol. The molecule has 0 aromatic carbocycles. The van der Waals surface area contributed by atoms with Gasteiger partial charge in [-0.25, -0.2) is 9.78 Å². The van der Waals surface area contributed by atoms with Crippen LogP contribution in [-0.2, 0) is 4.74 Å². The summed E-state index contributed by atoms with van der Waals surface area (Å²) in [4.78, 5) is 16.2. The van der Waals surface area contributed by atoms with Gasteiger partial charge in [-0.2, -0.15) is 0 Å². The first-order valence-electron chi connectivity index (χ1n) is 5.64. The Hall–Kier alpha value is -1.01. The number of nitrogens with zero attached hydrogens (tertiary/aromatic N) is 2. The van der Waals surface area contributed by atoms with Crippen LogP contribution in [0.5, 0.6) is 0 Å². The van der Waals surface area contributed by atoms with Crippen molar-refractivity contribution in [2.24, 2.45) is 0 Å². The third-order valence-electron chi connectivity index (χ3n) is 2.29. The number of rotatable bonds is 4. The number of esters is 1. The fourth-order valence-electron chi connectivity index (χ4n) is 1.60. The summed E-state index contributed by atoms with van der Waals surface area (Å²) in [6.07, 6.45) is 1.90. The Bertz CT molecular complexity index is 583. The van der Waals surface area contributed by atoms with Crippen molar-refractivity contribution in [3.05, 3.63) is 28.5 Å². The normalized spacial score (nSPS) is 10.8. The number of thioether (sulfide) groups is 1. The molecular formula is C12H13BrN2O2S. The molecular weight excluding hydrogens is 316 g/mol. The molecule has 0 N–H and O–H groups in total. The average Bonchev–Trinajstić information content (AvgIpc) is 2.68. The average molecular weight is 329 g/mol. The summed E-state index contributed by atoms with van der Waals surface area (Å²) >= 11 is 4.98. The van der Waals surface area contributed by atoms with E-state index in [0.29, 0.717) is 12.3 Å². The van der Waals surface area contributed by atoms with Crippen LogP contribution in [-0.4, -0.2) is 27.7 Å². The summed E-state index contributed by atoms with van der Waals surface area (Å²) in [5.41, 5.74) is 1.13. The van der Waals surface area contributed by atoms with Gasteiger partial charge in [-0.3, -0.25) is 4.40 Å². The van der Waals surface area contributed by atoms with E-state index in [4.69, 9.17) is 4.74 Å². The molecule has 0 saturated heterocycles. The van der Waals surface area contributed by atoms with Crippen molar-refractivity contribution >= 4 is 39.3 Å². The van der Waals surface area contributed by atoms with Crippen LogP contribution in [0.15, 0.2) is 27.8 Å². The zero-order valence-corrected chi connectivity index (χ0v) is 12.5. The van der Waals surface area contributed by atoms with Crippen molar-refractivity contribution in [1.82, 2.24) is 9.38 Å². The Kier molecular flexibility index (Phi) is 4.29. The Morgan fingerprint density at radius 1 is 1.56 bits per heavy atom. The van der Waals surface area contributed by atoms with Gasteiger partial charge >= 0.3 is 5.97 Å². The topological polar surface area (TPSA) is 43.6 Å². The van der Waals surface area contributed by atoms with Gasteiger partial charge in [0.05, 0.1) is 6.61 Å². The zero-order valence-electron chi connectivity index (χ0n) is 10.1. The molecule has 0 spiro atoms. The lowest BCUT2D eigenvalue weighted by Crippen LogP contribution is -2.06. The molecule has 96 valence electrons. The van der Waals surface area contributed by atoms with Crippen LogP contribution >= 0.6 is 27.7 Å². The second-order valence-electron chi connectivity index (χ2n) is 3.49. The third-order valence-corrected chi connectivity index (χ3v) is 3.74. The molecule has 4 nitrogen and oxygen atoms in total. The Balaban J connectivity index is 2.56. The van der Waals surface area contributed by atoms with Crippen molar-refractivity contribution in [2.75, 3.05) is 12.4 Å². The van der Waals surface area contributed by atoms with Gasteiger partial charge in [0.1, 0.15) is 10.7 Å². The predicted octanol–water partition coefficient (Wildman–Crippen LogP) is 3.39. The summed E-state index contributed by atoms with van der Waals surface area (Å²) in [6, 6.07) is 3.80. The molecule has 18 heavy (non-hydrogen) atoms. The summed E-state index contributed by atoms with van der Waals surface area (Å²) in [7, 11) is 0. The minimum absolute atomic E-state index is 0.354. The minimum Gasteiger partial charge on any atom is -0.461 e. The van der Waals surface area contributed by atoms with E-state index in [0.717, 1.165) is 20.9 Å². The van der Waals surface area contributed by atoms with Gasteiger partial charge in [-0.1, -0.05) is 22.9 Å². The van der Waals surface area contributed by atoms with Crippen LogP contribution in [0.3, 0.4) is 0 Å². The molecule has 0 aliphatic carbocycles. The van der Waals surface area contributed by atoms with E-state index in [1.54, 1.807) is 18.7 Å². The standard InChI is InChI=1S/C12H13BrN2O2S/c1-3-17-12(16)10-11(18-4-2)15-6-5-8(13)7-9(15)14-10/h5-7H,3-4H2,1-2H3. The van der Waals surface area contributed by atoms with Crippen LogP contribution in [0.1, 0.15) is 24.3 Å². The number of carbonyl (C=O) groups excluding carboxylic acids is 1. The number of carbonyl (C=O) groups is 1. The molecule has 6 heteroatoms. The molecule has 2 heterocycles. The summed E-state index contributed by atoms with van der Waals surface area (Å²) < 4.78 is 7.88. The fraction of sp³-hybridized carbons (Fsp3) is 0.333. The van der Waals surface area contributed by atoms with E-state index in [1.807, 2.05) is 29.7 Å². The maximum absolute atomic E-state index is 11.9. The third kappa shape index (κ3) is 2.54. The lowest BCUT2D eigenvalue weighted by Gasteiger charge is -2.02. The fourth-order valence-corrected chi connectivity index (χ4v) is 2.76. The Labute approximate surface area is 118 Å². The summed E-state index contributed by atoms with van der Waals surface area (Å²) in [6.45, 7) is 4.18. The number of aromatic nitrogens is 2. The second-order valence-corrected chi connectivity index (χ2v) is 5.66. The van der Waals surface area contributed by atoms with E-state index < -0.39 is 0 Å². The zero-order chi connectivity index (χ0) is 13.1. The number of hydrogen-bond acceptors (Lipinski definition) is 4. The van der Waals surface area contributed by atoms with Gasteiger partial charge in [-0.05, 0) is 24.8 Å². The molecule has 0 saturated carbocycles. The van der Waals surface area contributed by atoms with Crippen LogP contribution in [0.2, 0.25) is 0 Å². The Morgan fingerprint density at radius 2 is 2.33 bits per heavy atom. The van der Waals surface area contributed by atoms with Crippen molar-refractivity contribution < 1.29 is 9.53 Å². The van der Waals surface area contributed by atoms with Gasteiger partial charge in [0, 0.05) is 10.7 Å². The highest BCUT2D eigenvalue weighted by Crippen LogP contribution is 2.26. The van der Waals surface area contributed by atoms with Gasteiger partial charge in [0.25, 0.3) is 0 Å². The van der Waals surface area contributed by atoms with E-state index in [2.05, 4.69) is 20.9 Å². The number of ether oxygens (including phenoxy) is 1. The lowest BCUT2D eigenvalue weighted by molar-refractivity contribution is 0.0515. The highest BCUT2D eigenvalue weighted by Gasteiger charge is 2.20. The van der Waals surface area contributed by atoms with Crippen LogP contribution in [0, 0.1) is 0 Å². The van der Waals surface area contributed by atoms with Crippen molar-refractivity contribution in [1.29, 1.82) is 0 Å². The van der Waals surface area contributed by atoms with Crippen molar-refractivity contribution in [3.63, 3.8) is 0 Å². The summed E-state index contributed by atoms with van der Waals surface area (Å²) in [5, 5.41) is 0.832. The van der Waals surface area contributed by atoms with E-state index >= 15 is 0 Å². The minimum atomic E-state index is -0.367. The first kappa shape index (κ1) is 13.4. The highest BCUT2D eigenvalue weighted by molar-refractivity contribution is 9.10. The lowest BCUT2D eigenvalue weighted by atomic mass is 10.5. The SMILES string of the molecule is CCOC(=O)c1nc2cc(Br)ccn2c1SCC. The second kappa shape index (κ2) is 5.75. The summed E-state index contributed by atoms with van der Waals surface area (Å²) in [5.74, 6) is 0.504. The molecule has 2 aromatic rings. The number of pyridine rings is 1.